The fraction of sp³-hybridized carbons (Fsp3) is 0.208. The predicted molar refractivity (Wildman–Crippen MR) is 107 cm³/mol. The largest absolute Gasteiger partial charge is 0.449 e. The van der Waals surface area contributed by atoms with Crippen LogP contribution in [0.25, 0.3) is 32.8 Å². The SMILES string of the molecule is Cc1ccc2cccc3c2c1-c1c(c2cc(C(C)C)ccc2c[n+]1C)O3. The van der Waals surface area contributed by atoms with Crippen LogP contribution in [0.2, 0.25) is 0 Å². The van der Waals surface area contributed by atoms with Gasteiger partial charge < -0.3 is 4.74 Å². The van der Waals surface area contributed by atoms with Crippen molar-refractivity contribution in [3.05, 3.63) is 65.9 Å². The number of aromatic nitrogens is 1. The van der Waals surface area contributed by atoms with Gasteiger partial charge in [0, 0.05) is 16.2 Å². The zero-order valence-corrected chi connectivity index (χ0v) is 15.6. The molecule has 2 heterocycles. The van der Waals surface area contributed by atoms with Crippen molar-refractivity contribution in [1.82, 2.24) is 0 Å². The number of rotatable bonds is 1. The molecule has 5 rings (SSSR count). The fourth-order valence-electron chi connectivity index (χ4n) is 4.15. The Morgan fingerprint density at radius 3 is 2.58 bits per heavy atom. The number of pyridine rings is 1. The quantitative estimate of drug-likeness (QED) is 0.340. The van der Waals surface area contributed by atoms with Gasteiger partial charge in [-0.05, 0) is 47.6 Å². The normalized spacial score (nSPS) is 12.5. The second kappa shape index (κ2) is 5.31. The third kappa shape index (κ3) is 2.02. The van der Waals surface area contributed by atoms with Gasteiger partial charge in [0.1, 0.15) is 12.8 Å². The number of nitrogens with zero attached hydrogens (tertiary/aromatic N) is 1. The van der Waals surface area contributed by atoms with Crippen LogP contribution in [-0.2, 0) is 7.05 Å². The van der Waals surface area contributed by atoms with Crippen molar-refractivity contribution < 1.29 is 9.30 Å². The van der Waals surface area contributed by atoms with Crippen LogP contribution in [0.5, 0.6) is 11.5 Å². The molecular weight excluding hydrogens is 318 g/mol. The maximum atomic E-state index is 6.51. The standard InChI is InChI=1S/C24H22NO/c1-14(2)17-10-11-18-13-25(4)23-21-15(3)8-9-16-6-5-7-20(22(16)21)26-24(23)19(18)12-17/h5-14H,1-4H3/q+1. The Hall–Kier alpha value is -2.87. The van der Waals surface area contributed by atoms with Gasteiger partial charge in [0.05, 0.1) is 5.56 Å². The third-order valence-electron chi connectivity index (χ3n) is 5.55. The van der Waals surface area contributed by atoms with Crippen molar-refractivity contribution in [2.24, 2.45) is 7.05 Å². The number of hydrogen-bond acceptors (Lipinski definition) is 1. The Bertz CT molecular complexity index is 1200. The van der Waals surface area contributed by atoms with Gasteiger partial charge in [-0.2, -0.15) is 4.57 Å². The average molecular weight is 340 g/mol. The van der Waals surface area contributed by atoms with Gasteiger partial charge >= 0.3 is 0 Å². The summed E-state index contributed by atoms with van der Waals surface area (Å²) in [6, 6.07) is 17.4. The molecule has 1 aliphatic heterocycles. The molecule has 0 amide bonds. The lowest BCUT2D eigenvalue weighted by Gasteiger charge is -2.22. The highest BCUT2D eigenvalue weighted by Gasteiger charge is 2.31. The molecule has 2 nitrogen and oxygen atoms in total. The number of hydrogen-bond donors (Lipinski definition) is 0. The number of benzene rings is 3. The number of fused-ring (bicyclic) bond motifs is 4. The maximum absolute atomic E-state index is 6.51. The molecule has 3 aromatic carbocycles. The van der Waals surface area contributed by atoms with E-state index in [1.807, 2.05) is 0 Å². The van der Waals surface area contributed by atoms with Crippen LogP contribution in [0.15, 0.2) is 54.7 Å². The summed E-state index contributed by atoms with van der Waals surface area (Å²) in [5.74, 6) is 2.42. The van der Waals surface area contributed by atoms with Gasteiger partial charge in [-0.3, -0.25) is 0 Å². The summed E-state index contributed by atoms with van der Waals surface area (Å²) < 4.78 is 8.73. The summed E-state index contributed by atoms with van der Waals surface area (Å²) in [4.78, 5) is 0. The second-order valence-corrected chi connectivity index (χ2v) is 7.63. The van der Waals surface area contributed by atoms with Crippen molar-refractivity contribution in [3.8, 4) is 22.8 Å². The first-order chi connectivity index (χ1) is 12.5. The molecule has 2 heteroatoms. The van der Waals surface area contributed by atoms with E-state index < -0.39 is 0 Å². The van der Waals surface area contributed by atoms with Crippen LogP contribution in [-0.4, -0.2) is 0 Å². The maximum Gasteiger partial charge on any atom is 0.257 e. The molecule has 0 unspecified atom stereocenters. The Morgan fingerprint density at radius 1 is 0.962 bits per heavy atom. The topological polar surface area (TPSA) is 13.1 Å². The molecule has 26 heavy (non-hydrogen) atoms. The van der Waals surface area contributed by atoms with Crippen molar-refractivity contribution in [1.29, 1.82) is 0 Å². The smallest absolute Gasteiger partial charge is 0.257 e. The van der Waals surface area contributed by atoms with Crippen molar-refractivity contribution >= 4 is 21.5 Å². The molecule has 0 aliphatic carbocycles. The van der Waals surface area contributed by atoms with Gasteiger partial charge in [0.2, 0.25) is 5.75 Å². The van der Waals surface area contributed by atoms with Gasteiger partial charge in [-0.15, -0.1) is 0 Å². The second-order valence-electron chi connectivity index (χ2n) is 7.63. The summed E-state index contributed by atoms with van der Waals surface area (Å²) in [5.41, 5.74) is 5.08. The zero-order chi connectivity index (χ0) is 18.0. The Morgan fingerprint density at radius 2 is 1.77 bits per heavy atom. The molecule has 4 aromatic rings. The summed E-state index contributed by atoms with van der Waals surface area (Å²) in [6.07, 6.45) is 2.22. The minimum Gasteiger partial charge on any atom is -0.449 e. The molecule has 0 saturated carbocycles. The highest BCUT2D eigenvalue weighted by Crippen LogP contribution is 2.48. The van der Waals surface area contributed by atoms with E-state index in [0.29, 0.717) is 5.92 Å². The molecule has 0 N–H and O–H groups in total. The highest BCUT2D eigenvalue weighted by molar-refractivity contribution is 6.06. The lowest BCUT2D eigenvalue weighted by Crippen LogP contribution is -2.32. The van der Waals surface area contributed by atoms with Gasteiger partial charge in [-0.25, -0.2) is 0 Å². The van der Waals surface area contributed by atoms with E-state index in [2.05, 4.69) is 87.1 Å². The van der Waals surface area contributed by atoms with Crippen molar-refractivity contribution in [3.63, 3.8) is 0 Å². The van der Waals surface area contributed by atoms with E-state index in [9.17, 15) is 0 Å². The minimum atomic E-state index is 0.491. The summed E-state index contributed by atoms with van der Waals surface area (Å²) >= 11 is 0. The zero-order valence-electron chi connectivity index (χ0n) is 15.6. The summed E-state index contributed by atoms with van der Waals surface area (Å²) in [7, 11) is 2.12. The van der Waals surface area contributed by atoms with E-state index >= 15 is 0 Å². The fourth-order valence-corrected chi connectivity index (χ4v) is 4.15. The van der Waals surface area contributed by atoms with E-state index in [1.165, 1.54) is 43.9 Å². The number of aryl methyl sites for hydroxylation is 2. The van der Waals surface area contributed by atoms with Gasteiger partial charge in [0.15, 0.2) is 6.20 Å². The molecule has 0 radical (unpaired) electrons. The molecule has 0 spiro atoms. The molecular formula is C24H22NO+. The van der Waals surface area contributed by atoms with E-state index in [1.54, 1.807) is 0 Å². The van der Waals surface area contributed by atoms with Crippen LogP contribution < -0.4 is 9.30 Å². The van der Waals surface area contributed by atoms with E-state index in [-0.39, 0.29) is 0 Å². The molecule has 1 aliphatic rings. The van der Waals surface area contributed by atoms with Crippen LogP contribution in [0.1, 0.15) is 30.9 Å². The minimum absolute atomic E-state index is 0.491. The first-order valence-corrected chi connectivity index (χ1v) is 9.21. The lowest BCUT2D eigenvalue weighted by molar-refractivity contribution is -0.659. The summed E-state index contributed by atoms with van der Waals surface area (Å²) in [6.45, 7) is 6.66. The van der Waals surface area contributed by atoms with Crippen LogP contribution in [0.4, 0.5) is 0 Å². The van der Waals surface area contributed by atoms with Gasteiger partial charge in [0.25, 0.3) is 5.69 Å². The Balaban J connectivity index is 1.96. The first-order valence-electron chi connectivity index (χ1n) is 9.21. The van der Waals surface area contributed by atoms with E-state index in [4.69, 9.17) is 4.74 Å². The van der Waals surface area contributed by atoms with Gasteiger partial charge in [-0.1, -0.05) is 44.2 Å². The predicted octanol–water partition coefficient (Wildman–Crippen LogP) is 6.02. The van der Waals surface area contributed by atoms with Crippen LogP contribution in [0, 0.1) is 6.92 Å². The molecule has 0 bridgehead atoms. The molecule has 128 valence electrons. The molecule has 1 aromatic heterocycles. The Labute approximate surface area is 153 Å². The third-order valence-corrected chi connectivity index (χ3v) is 5.55. The highest BCUT2D eigenvalue weighted by atomic mass is 16.5. The summed E-state index contributed by atoms with van der Waals surface area (Å²) in [5, 5.41) is 4.84. The van der Waals surface area contributed by atoms with Crippen molar-refractivity contribution in [2.45, 2.75) is 26.7 Å². The molecule has 0 fully saturated rings. The lowest BCUT2D eigenvalue weighted by atomic mass is 9.91. The molecule has 0 saturated heterocycles. The monoisotopic (exact) mass is 340 g/mol. The van der Waals surface area contributed by atoms with Crippen LogP contribution >= 0.6 is 0 Å². The van der Waals surface area contributed by atoms with E-state index in [0.717, 1.165) is 11.5 Å². The first kappa shape index (κ1) is 15.4. The Kier molecular flexibility index (Phi) is 3.14. The van der Waals surface area contributed by atoms with Crippen molar-refractivity contribution in [2.75, 3.05) is 0 Å². The number of ether oxygens (including phenoxy) is 1. The van der Waals surface area contributed by atoms with Crippen LogP contribution in [0.3, 0.4) is 0 Å². The average Bonchev–Trinajstić information content (AvgIpc) is 2.63. The molecule has 0 atom stereocenters.